The lowest BCUT2D eigenvalue weighted by molar-refractivity contribution is 0.0697. The summed E-state index contributed by atoms with van der Waals surface area (Å²) in [5.74, 6) is -0.739. The van der Waals surface area contributed by atoms with Crippen molar-refractivity contribution in [1.82, 2.24) is 14.3 Å². The fourth-order valence-corrected chi connectivity index (χ4v) is 3.91. The number of nitrogens with zero attached hydrogens (tertiary/aromatic N) is 3. The van der Waals surface area contributed by atoms with Crippen molar-refractivity contribution in [3.05, 3.63) is 47.9 Å². The van der Waals surface area contributed by atoms with Crippen LogP contribution < -0.4 is 0 Å². The number of sulfonamides is 1. The molecule has 0 amide bonds. The molecule has 1 aliphatic rings. The number of carbonyl (C=O) groups is 1. The van der Waals surface area contributed by atoms with Crippen LogP contribution in [0.2, 0.25) is 0 Å². The summed E-state index contributed by atoms with van der Waals surface area (Å²) < 4.78 is 24.7. The summed E-state index contributed by atoms with van der Waals surface area (Å²) >= 11 is 0. The molecule has 132 valence electrons. The van der Waals surface area contributed by atoms with E-state index in [9.17, 15) is 13.2 Å². The van der Waals surface area contributed by atoms with E-state index >= 15 is 0 Å². The minimum Gasteiger partial charge on any atom is -0.478 e. The van der Waals surface area contributed by atoms with Gasteiger partial charge in [0.05, 0.1) is 29.4 Å². The number of rotatable bonds is 5. The average Bonchev–Trinajstić information content (AvgIpc) is 3.04. The zero-order valence-electron chi connectivity index (χ0n) is 13.8. The number of carboxylic acid groups (broad SMARTS) is 1. The Morgan fingerprint density at radius 2 is 2.00 bits per heavy atom. The topological polar surface area (TPSA) is 100 Å². The second kappa shape index (κ2) is 6.89. The minimum absolute atomic E-state index is 0.222. The molecule has 1 N–H and O–H groups in total. The van der Waals surface area contributed by atoms with Crippen LogP contribution in [-0.4, -0.2) is 53.1 Å². The Morgan fingerprint density at radius 1 is 1.28 bits per heavy atom. The molecule has 8 heteroatoms. The van der Waals surface area contributed by atoms with E-state index < -0.39 is 16.0 Å². The minimum atomic E-state index is -3.14. The number of aromatic nitrogens is 2. The third kappa shape index (κ3) is 4.21. The molecule has 0 radical (unpaired) electrons. The number of benzene rings is 1. The van der Waals surface area contributed by atoms with Crippen LogP contribution in [0.25, 0.3) is 11.3 Å². The van der Waals surface area contributed by atoms with Gasteiger partial charge in [-0.05, 0) is 30.9 Å². The first kappa shape index (κ1) is 17.5. The van der Waals surface area contributed by atoms with Crippen LogP contribution in [0.1, 0.15) is 22.5 Å². The maximum atomic E-state index is 11.6. The van der Waals surface area contributed by atoms with Gasteiger partial charge in [0.15, 0.2) is 0 Å². The number of hydrogen-bond donors (Lipinski definition) is 1. The maximum absolute atomic E-state index is 11.6. The highest BCUT2D eigenvalue weighted by Gasteiger charge is 2.28. The van der Waals surface area contributed by atoms with Crippen molar-refractivity contribution in [1.29, 1.82) is 0 Å². The van der Waals surface area contributed by atoms with Crippen molar-refractivity contribution in [3.8, 4) is 11.3 Å². The lowest BCUT2D eigenvalue weighted by Crippen LogP contribution is -2.27. The SMILES string of the molecule is CS(=O)(=O)N1CC[C@@H](Cc2cncc(-c3ccc(C(=O)O)cc3)n2)C1. The lowest BCUT2D eigenvalue weighted by atomic mass is 10.0. The van der Waals surface area contributed by atoms with Crippen molar-refractivity contribution in [2.45, 2.75) is 12.8 Å². The van der Waals surface area contributed by atoms with E-state index in [2.05, 4.69) is 9.97 Å². The van der Waals surface area contributed by atoms with E-state index in [0.29, 0.717) is 25.2 Å². The van der Waals surface area contributed by atoms with Crippen molar-refractivity contribution in [2.24, 2.45) is 5.92 Å². The molecule has 7 nitrogen and oxygen atoms in total. The summed E-state index contributed by atoms with van der Waals surface area (Å²) in [5, 5.41) is 8.95. The molecule has 1 aromatic heterocycles. The van der Waals surface area contributed by atoms with E-state index in [4.69, 9.17) is 5.11 Å². The second-order valence-electron chi connectivity index (χ2n) is 6.26. The Balaban J connectivity index is 1.73. The highest BCUT2D eigenvalue weighted by Crippen LogP contribution is 2.23. The Bertz CT molecular complexity index is 881. The average molecular weight is 361 g/mol. The van der Waals surface area contributed by atoms with Gasteiger partial charge in [0, 0.05) is 24.8 Å². The van der Waals surface area contributed by atoms with Crippen LogP contribution in [0.5, 0.6) is 0 Å². The Morgan fingerprint density at radius 3 is 2.60 bits per heavy atom. The predicted octanol–water partition coefficient (Wildman–Crippen LogP) is 1.67. The van der Waals surface area contributed by atoms with Crippen LogP contribution >= 0.6 is 0 Å². The van der Waals surface area contributed by atoms with E-state index in [1.54, 1.807) is 24.5 Å². The summed E-state index contributed by atoms with van der Waals surface area (Å²) in [4.78, 5) is 19.7. The molecule has 0 spiro atoms. The molecule has 0 aliphatic carbocycles. The summed E-state index contributed by atoms with van der Waals surface area (Å²) in [6.45, 7) is 1.06. The monoisotopic (exact) mass is 361 g/mol. The molecule has 1 atom stereocenters. The molecule has 3 rings (SSSR count). The second-order valence-corrected chi connectivity index (χ2v) is 8.24. The van der Waals surface area contributed by atoms with Gasteiger partial charge in [-0.1, -0.05) is 12.1 Å². The van der Waals surface area contributed by atoms with Crippen LogP contribution in [-0.2, 0) is 16.4 Å². The summed E-state index contributed by atoms with van der Waals surface area (Å²) in [6, 6.07) is 6.48. The first-order valence-electron chi connectivity index (χ1n) is 7.92. The van der Waals surface area contributed by atoms with E-state index in [0.717, 1.165) is 17.7 Å². The van der Waals surface area contributed by atoms with Crippen molar-refractivity contribution in [3.63, 3.8) is 0 Å². The van der Waals surface area contributed by atoms with Gasteiger partial charge in [-0.3, -0.25) is 4.98 Å². The Hall–Kier alpha value is -2.32. The van der Waals surface area contributed by atoms with Gasteiger partial charge >= 0.3 is 5.97 Å². The summed E-state index contributed by atoms with van der Waals surface area (Å²) in [6.07, 6.45) is 6.04. The summed E-state index contributed by atoms with van der Waals surface area (Å²) in [5.41, 5.74) is 2.50. The summed E-state index contributed by atoms with van der Waals surface area (Å²) in [7, 11) is -3.14. The molecular weight excluding hydrogens is 342 g/mol. The Kier molecular flexibility index (Phi) is 4.82. The van der Waals surface area contributed by atoms with Crippen LogP contribution in [0.4, 0.5) is 0 Å². The van der Waals surface area contributed by atoms with E-state index in [1.165, 1.54) is 22.7 Å². The third-order valence-corrected chi connectivity index (χ3v) is 5.60. The predicted molar refractivity (Wildman–Crippen MR) is 92.7 cm³/mol. The van der Waals surface area contributed by atoms with Crippen LogP contribution in [0.3, 0.4) is 0 Å². The lowest BCUT2D eigenvalue weighted by Gasteiger charge is -2.13. The molecule has 0 saturated carbocycles. The van der Waals surface area contributed by atoms with E-state index in [-0.39, 0.29) is 11.5 Å². The molecule has 1 aromatic carbocycles. The standard InChI is InChI=1S/C17H19N3O4S/c1-25(23,24)20-7-6-12(11-20)8-15-9-18-10-16(19-15)13-2-4-14(5-3-13)17(21)22/h2-5,9-10,12H,6-8,11H2,1H3,(H,21,22)/t12-/m0/s1. The number of hydrogen-bond acceptors (Lipinski definition) is 5. The number of carboxylic acids is 1. The zero-order chi connectivity index (χ0) is 18.0. The molecule has 0 unspecified atom stereocenters. The molecule has 2 aromatic rings. The highest BCUT2D eigenvalue weighted by atomic mass is 32.2. The smallest absolute Gasteiger partial charge is 0.335 e. The zero-order valence-corrected chi connectivity index (χ0v) is 14.6. The molecule has 1 saturated heterocycles. The van der Waals surface area contributed by atoms with Crippen LogP contribution in [0, 0.1) is 5.92 Å². The molecule has 2 heterocycles. The van der Waals surface area contributed by atoms with Gasteiger partial charge < -0.3 is 5.11 Å². The highest BCUT2D eigenvalue weighted by molar-refractivity contribution is 7.88. The largest absolute Gasteiger partial charge is 0.478 e. The first-order valence-corrected chi connectivity index (χ1v) is 9.77. The molecule has 1 fully saturated rings. The number of aromatic carboxylic acids is 1. The molecule has 1 aliphatic heterocycles. The quantitative estimate of drug-likeness (QED) is 0.869. The van der Waals surface area contributed by atoms with Crippen molar-refractivity contribution < 1.29 is 18.3 Å². The fraction of sp³-hybridized carbons (Fsp3) is 0.353. The van der Waals surface area contributed by atoms with Gasteiger partial charge in [0.1, 0.15) is 0 Å². The molecular formula is C17H19N3O4S. The Labute approximate surface area is 146 Å². The van der Waals surface area contributed by atoms with Crippen molar-refractivity contribution in [2.75, 3.05) is 19.3 Å². The first-order chi connectivity index (χ1) is 11.8. The van der Waals surface area contributed by atoms with Gasteiger partial charge in [-0.15, -0.1) is 0 Å². The maximum Gasteiger partial charge on any atom is 0.335 e. The fourth-order valence-electron chi connectivity index (χ4n) is 2.99. The van der Waals surface area contributed by atoms with E-state index in [1.807, 2.05) is 0 Å². The van der Waals surface area contributed by atoms with Gasteiger partial charge in [0.2, 0.25) is 10.0 Å². The van der Waals surface area contributed by atoms with Gasteiger partial charge in [-0.25, -0.2) is 22.5 Å². The normalized spacial score (nSPS) is 18.4. The van der Waals surface area contributed by atoms with Gasteiger partial charge in [0.25, 0.3) is 0 Å². The van der Waals surface area contributed by atoms with Crippen LogP contribution in [0.15, 0.2) is 36.7 Å². The molecule has 25 heavy (non-hydrogen) atoms. The van der Waals surface area contributed by atoms with Gasteiger partial charge in [-0.2, -0.15) is 0 Å². The third-order valence-electron chi connectivity index (χ3n) is 4.33. The molecule has 0 bridgehead atoms. The van der Waals surface area contributed by atoms with Crippen molar-refractivity contribution >= 4 is 16.0 Å².